The molecule has 130 valence electrons. The van der Waals surface area contributed by atoms with Gasteiger partial charge in [-0.1, -0.05) is 26.0 Å². The second-order valence-corrected chi connectivity index (χ2v) is 7.90. The Hall–Kier alpha value is -1.46. The van der Waals surface area contributed by atoms with E-state index in [1.165, 1.54) is 4.70 Å². The average molecular weight is 346 g/mol. The number of rotatable bonds is 5. The van der Waals surface area contributed by atoms with Gasteiger partial charge in [0.15, 0.2) is 0 Å². The van der Waals surface area contributed by atoms with E-state index in [9.17, 15) is 9.90 Å². The molecule has 1 N–H and O–H groups in total. The van der Waals surface area contributed by atoms with Gasteiger partial charge in [-0.3, -0.25) is 4.79 Å². The molecule has 0 saturated carbocycles. The summed E-state index contributed by atoms with van der Waals surface area (Å²) in [6.07, 6.45) is 3.59. The summed E-state index contributed by atoms with van der Waals surface area (Å²) >= 11 is 1.69. The van der Waals surface area contributed by atoms with E-state index in [1.54, 1.807) is 11.3 Å². The molecule has 0 bridgehead atoms. The smallest absolute Gasteiger partial charge is 0.229 e. The quantitative estimate of drug-likeness (QED) is 0.899. The van der Waals surface area contributed by atoms with Crippen molar-refractivity contribution in [3.8, 4) is 0 Å². The van der Waals surface area contributed by atoms with Crippen molar-refractivity contribution in [3.63, 3.8) is 0 Å². The molecule has 1 atom stereocenters. The van der Waals surface area contributed by atoms with Gasteiger partial charge in [0.05, 0.1) is 26.7 Å². The standard InChI is InChI=1S/C19H26N2O2S/c1-3-19(4-2,18(23)21-11-7-8-14(22)13-21)12-17-20-15-9-5-6-10-16(15)24-17/h5-6,9-10,14,22H,3-4,7-8,11-13H2,1-2H3. The molecule has 1 aliphatic heterocycles. The van der Waals surface area contributed by atoms with Gasteiger partial charge >= 0.3 is 0 Å². The summed E-state index contributed by atoms with van der Waals surface area (Å²) < 4.78 is 1.18. The van der Waals surface area contributed by atoms with Crippen LogP contribution in [-0.4, -0.2) is 40.1 Å². The van der Waals surface area contributed by atoms with Gasteiger partial charge in [-0.25, -0.2) is 4.98 Å². The summed E-state index contributed by atoms with van der Waals surface area (Å²) in [5, 5.41) is 11.0. The maximum Gasteiger partial charge on any atom is 0.229 e. The largest absolute Gasteiger partial charge is 0.391 e. The average Bonchev–Trinajstić information content (AvgIpc) is 3.01. The van der Waals surface area contributed by atoms with Crippen LogP contribution < -0.4 is 0 Å². The third kappa shape index (κ3) is 3.33. The number of benzene rings is 1. The van der Waals surface area contributed by atoms with Crippen molar-refractivity contribution in [3.05, 3.63) is 29.3 Å². The van der Waals surface area contributed by atoms with E-state index in [0.29, 0.717) is 13.0 Å². The maximum atomic E-state index is 13.2. The van der Waals surface area contributed by atoms with Crippen molar-refractivity contribution in [1.29, 1.82) is 0 Å². The van der Waals surface area contributed by atoms with Crippen LogP contribution in [-0.2, 0) is 11.2 Å². The molecule has 1 aliphatic rings. The minimum absolute atomic E-state index is 0.186. The number of para-hydroxylation sites is 1. The Morgan fingerprint density at radius 2 is 2.12 bits per heavy atom. The monoisotopic (exact) mass is 346 g/mol. The highest BCUT2D eigenvalue weighted by molar-refractivity contribution is 7.18. The summed E-state index contributed by atoms with van der Waals surface area (Å²) in [5.74, 6) is 0.186. The number of aliphatic hydroxyl groups excluding tert-OH is 1. The number of carbonyl (C=O) groups is 1. The van der Waals surface area contributed by atoms with E-state index in [0.717, 1.165) is 42.8 Å². The van der Waals surface area contributed by atoms with E-state index in [-0.39, 0.29) is 12.0 Å². The lowest BCUT2D eigenvalue weighted by atomic mass is 9.77. The Balaban J connectivity index is 1.85. The Bertz CT molecular complexity index is 675. The number of aromatic nitrogens is 1. The molecule has 1 saturated heterocycles. The SMILES string of the molecule is CCC(CC)(Cc1nc2ccccc2s1)C(=O)N1CCCC(O)C1. The Labute approximate surface area is 147 Å². The lowest BCUT2D eigenvalue weighted by molar-refractivity contribution is -0.146. The van der Waals surface area contributed by atoms with Crippen LogP contribution in [0.4, 0.5) is 0 Å². The highest BCUT2D eigenvalue weighted by atomic mass is 32.1. The lowest BCUT2D eigenvalue weighted by Gasteiger charge is -2.38. The van der Waals surface area contributed by atoms with Crippen LogP contribution in [0.15, 0.2) is 24.3 Å². The second kappa shape index (κ2) is 7.19. The number of fused-ring (bicyclic) bond motifs is 1. The van der Waals surface area contributed by atoms with Crippen molar-refractivity contribution >= 4 is 27.5 Å². The number of β-amino-alcohol motifs (C(OH)–C–C–N with tert-alkyl or cyclic N) is 1. The van der Waals surface area contributed by atoms with Gasteiger partial charge in [-0.2, -0.15) is 0 Å². The summed E-state index contributed by atoms with van der Waals surface area (Å²) in [6.45, 7) is 5.42. The molecule has 1 aromatic carbocycles. The predicted octanol–water partition coefficient (Wildman–Crippen LogP) is 3.63. The molecule has 3 rings (SSSR count). The van der Waals surface area contributed by atoms with Gasteiger partial charge < -0.3 is 10.0 Å². The number of nitrogens with zero attached hydrogens (tertiary/aromatic N) is 2. The minimum Gasteiger partial charge on any atom is -0.391 e. The van der Waals surface area contributed by atoms with E-state index in [2.05, 4.69) is 19.9 Å². The molecular formula is C19H26N2O2S. The van der Waals surface area contributed by atoms with Crippen LogP contribution in [0, 0.1) is 5.41 Å². The summed E-state index contributed by atoms with van der Waals surface area (Å²) in [6, 6.07) is 8.13. The van der Waals surface area contributed by atoms with E-state index in [4.69, 9.17) is 4.98 Å². The molecular weight excluding hydrogens is 320 g/mol. The predicted molar refractivity (Wildman–Crippen MR) is 98.2 cm³/mol. The number of aliphatic hydroxyl groups is 1. The number of likely N-dealkylation sites (tertiary alicyclic amines) is 1. The summed E-state index contributed by atoms with van der Waals surface area (Å²) in [7, 11) is 0. The van der Waals surface area contributed by atoms with Crippen molar-refractivity contribution in [1.82, 2.24) is 9.88 Å². The van der Waals surface area contributed by atoms with Crippen LogP contribution in [0.3, 0.4) is 0 Å². The molecule has 0 spiro atoms. The van der Waals surface area contributed by atoms with Crippen molar-refractivity contribution < 1.29 is 9.90 Å². The molecule has 1 fully saturated rings. The van der Waals surface area contributed by atoms with E-state index in [1.807, 2.05) is 23.1 Å². The number of piperidine rings is 1. The molecule has 1 amide bonds. The van der Waals surface area contributed by atoms with Crippen LogP contribution in [0.1, 0.15) is 44.5 Å². The first kappa shape index (κ1) is 17.4. The fraction of sp³-hybridized carbons (Fsp3) is 0.579. The molecule has 4 nitrogen and oxygen atoms in total. The zero-order valence-electron chi connectivity index (χ0n) is 14.5. The first-order chi connectivity index (χ1) is 11.6. The topological polar surface area (TPSA) is 53.4 Å². The molecule has 0 radical (unpaired) electrons. The normalized spacial score (nSPS) is 19.0. The molecule has 1 aromatic heterocycles. The number of carbonyl (C=O) groups excluding carboxylic acids is 1. The van der Waals surface area contributed by atoms with Crippen LogP contribution >= 0.6 is 11.3 Å². The van der Waals surface area contributed by atoms with E-state index >= 15 is 0 Å². The Kier molecular flexibility index (Phi) is 5.21. The van der Waals surface area contributed by atoms with Crippen LogP contribution in [0.2, 0.25) is 0 Å². The van der Waals surface area contributed by atoms with Crippen molar-refractivity contribution in [2.24, 2.45) is 5.41 Å². The van der Waals surface area contributed by atoms with E-state index < -0.39 is 5.41 Å². The van der Waals surface area contributed by atoms with Gasteiger partial charge in [-0.05, 0) is 37.8 Å². The molecule has 5 heteroatoms. The molecule has 1 unspecified atom stereocenters. The highest BCUT2D eigenvalue weighted by Gasteiger charge is 2.40. The van der Waals surface area contributed by atoms with Gasteiger partial charge in [-0.15, -0.1) is 11.3 Å². The number of hydrogen-bond acceptors (Lipinski definition) is 4. The Morgan fingerprint density at radius 3 is 2.79 bits per heavy atom. The van der Waals surface area contributed by atoms with Gasteiger partial charge in [0, 0.05) is 19.5 Å². The van der Waals surface area contributed by atoms with Crippen molar-refractivity contribution in [2.75, 3.05) is 13.1 Å². The number of thiazole rings is 1. The number of amides is 1. The molecule has 0 aliphatic carbocycles. The zero-order valence-corrected chi connectivity index (χ0v) is 15.3. The lowest BCUT2D eigenvalue weighted by Crippen LogP contribution is -2.50. The first-order valence-electron chi connectivity index (χ1n) is 8.90. The number of hydrogen-bond donors (Lipinski definition) is 1. The fourth-order valence-electron chi connectivity index (χ4n) is 3.64. The molecule has 2 aromatic rings. The molecule has 24 heavy (non-hydrogen) atoms. The van der Waals surface area contributed by atoms with Crippen molar-refractivity contribution in [2.45, 2.75) is 52.1 Å². The van der Waals surface area contributed by atoms with Crippen LogP contribution in [0.5, 0.6) is 0 Å². The van der Waals surface area contributed by atoms with Crippen LogP contribution in [0.25, 0.3) is 10.2 Å². The summed E-state index contributed by atoms with van der Waals surface area (Å²) in [5.41, 5.74) is 0.602. The van der Waals surface area contributed by atoms with Gasteiger partial charge in [0.1, 0.15) is 0 Å². The first-order valence-corrected chi connectivity index (χ1v) is 9.71. The minimum atomic E-state index is -0.412. The third-order valence-electron chi connectivity index (χ3n) is 5.32. The maximum absolute atomic E-state index is 13.2. The third-order valence-corrected chi connectivity index (χ3v) is 6.36. The summed E-state index contributed by atoms with van der Waals surface area (Å²) in [4.78, 5) is 19.8. The Morgan fingerprint density at radius 1 is 1.38 bits per heavy atom. The highest BCUT2D eigenvalue weighted by Crippen LogP contribution is 2.36. The fourth-order valence-corrected chi connectivity index (χ4v) is 4.75. The zero-order chi connectivity index (χ0) is 17.2. The van der Waals surface area contributed by atoms with Gasteiger partial charge in [0.2, 0.25) is 5.91 Å². The van der Waals surface area contributed by atoms with Gasteiger partial charge in [0.25, 0.3) is 0 Å². The molecule has 2 heterocycles. The second-order valence-electron chi connectivity index (χ2n) is 6.79.